The molecule has 0 fully saturated rings. The van der Waals surface area contributed by atoms with Gasteiger partial charge in [0.05, 0.1) is 17.7 Å². The molecular weight excluding hydrogens is 285 g/mol. The largest absolute Gasteiger partial charge is 0.489 e. The van der Waals surface area contributed by atoms with Crippen LogP contribution in [-0.2, 0) is 6.54 Å². The Morgan fingerprint density at radius 2 is 2.00 bits per heavy atom. The first-order chi connectivity index (χ1) is 8.97. The van der Waals surface area contributed by atoms with Gasteiger partial charge in [0.25, 0.3) is 0 Å². The number of hydrogen-bond donors (Lipinski definition) is 2. The minimum absolute atomic E-state index is 0.0391. The van der Waals surface area contributed by atoms with Crippen LogP contribution < -0.4 is 10.1 Å². The van der Waals surface area contributed by atoms with Crippen molar-refractivity contribution in [1.82, 2.24) is 5.32 Å². The number of halogens is 2. The molecule has 1 rings (SSSR count). The van der Waals surface area contributed by atoms with Gasteiger partial charge < -0.3 is 15.2 Å². The molecule has 0 aromatic heterocycles. The van der Waals surface area contributed by atoms with Crippen LogP contribution in [-0.4, -0.2) is 23.9 Å². The summed E-state index contributed by atoms with van der Waals surface area (Å²) in [7, 11) is 0. The first-order valence-electron chi connectivity index (χ1n) is 6.46. The van der Waals surface area contributed by atoms with Crippen LogP contribution in [0.2, 0.25) is 10.0 Å². The highest BCUT2D eigenvalue weighted by atomic mass is 35.5. The van der Waals surface area contributed by atoms with E-state index in [-0.39, 0.29) is 18.8 Å². The molecule has 0 saturated heterocycles. The molecule has 0 bridgehead atoms. The number of aliphatic hydroxyl groups is 1. The van der Waals surface area contributed by atoms with Crippen molar-refractivity contribution in [2.75, 3.05) is 6.61 Å². The van der Waals surface area contributed by atoms with E-state index in [1.165, 1.54) is 0 Å². The lowest BCUT2D eigenvalue weighted by Crippen LogP contribution is -2.31. The van der Waals surface area contributed by atoms with E-state index in [2.05, 4.69) is 5.32 Å². The first-order valence-corrected chi connectivity index (χ1v) is 7.22. The van der Waals surface area contributed by atoms with Gasteiger partial charge in [-0.15, -0.1) is 0 Å². The SMILES string of the molecule is CC[C@H](CO)NCc1cc(Cl)cc(Cl)c1OC(C)C. The lowest BCUT2D eigenvalue weighted by atomic mass is 10.1. The maximum Gasteiger partial charge on any atom is 0.142 e. The van der Waals surface area contributed by atoms with Gasteiger partial charge in [0.15, 0.2) is 0 Å². The van der Waals surface area contributed by atoms with Gasteiger partial charge in [-0.25, -0.2) is 0 Å². The number of aliphatic hydroxyl groups excluding tert-OH is 1. The number of benzene rings is 1. The summed E-state index contributed by atoms with van der Waals surface area (Å²) in [5.74, 6) is 0.654. The highest BCUT2D eigenvalue weighted by molar-refractivity contribution is 6.35. The van der Waals surface area contributed by atoms with Crippen molar-refractivity contribution in [2.45, 2.75) is 45.9 Å². The average molecular weight is 306 g/mol. The van der Waals surface area contributed by atoms with E-state index in [0.29, 0.717) is 22.3 Å². The fraction of sp³-hybridized carbons (Fsp3) is 0.571. The van der Waals surface area contributed by atoms with E-state index in [1.807, 2.05) is 26.8 Å². The van der Waals surface area contributed by atoms with E-state index in [9.17, 15) is 5.11 Å². The Hall–Kier alpha value is -0.480. The van der Waals surface area contributed by atoms with Crippen molar-refractivity contribution >= 4 is 23.2 Å². The first kappa shape index (κ1) is 16.6. The van der Waals surface area contributed by atoms with Gasteiger partial charge in [-0.2, -0.15) is 0 Å². The smallest absolute Gasteiger partial charge is 0.142 e. The topological polar surface area (TPSA) is 41.5 Å². The van der Waals surface area contributed by atoms with Crippen LogP contribution >= 0.6 is 23.2 Å². The quantitative estimate of drug-likeness (QED) is 0.808. The summed E-state index contributed by atoms with van der Waals surface area (Å²) >= 11 is 12.2. The van der Waals surface area contributed by atoms with Crippen molar-refractivity contribution in [1.29, 1.82) is 0 Å². The second kappa shape index (κ2) is 7.95. The summed E-state index contributed by atoms with van der Waals surface area (Å²) in [6, 6.07) is 3.57. The molecule has 5 heteroatoms. The van der Waals surface area contributed by atoms with Crippen LogP contribution in [0.4, 0.5) is 0 Å². The third kappa shape index (κ3) is 5.19. The summed E-state index contributed by atoms with van der Waals surface area (Å²) in [4.78, 5) is 0. The minimum atomic E-state index is 0.0391. The maximum atomic E-state index is 9.18. The monoisotopic (exact) mass is 305 g/mol. The Morgan fingerprint density at radius 3 is 2.53 bits per heavy atom. The summed E-state index contributed by atoms with van der Waals surface area (Å²) in [6.07, 6.45) is 0.891. The lowest BCUT2D eigenvalue weighted by Gasteiger charge is -2.19. The van der Waals surface area contributed by atoms with Gasteiger partial charge in [0.1, 0.15) is 5.75 Å². The molecule has 1 atom stereocenters. The summed E-state index contributed by atoms with van der Waals surface area (Å²) in [5.41, 5.74) is 0.901. The van der Waals surface area contributed by atoms with Gasteiger partial charge in [-0.1, -0.05) is 30.1 Å². The predicted molar refractivity (Wildman–Crippen MR) is 80.2 cm³/mol. The van der Waals surface area contributed by atoms with Crippen LogP contribution in [0.5, 0.6) is 5.75 Å². The molecule has 0 aliphatic carbocycles. The fourth-order valence-electron chi connectivity index (χ4n) is 1.70. The number of hydrogen-bond acceptors (Lipinski definition) is 3. The third-order valence-electron chi connectivity index (χ3n) is 2.73. The highest BCUT2D eigenvalue weighted by Gasteiger charge is 2.13. The zero-order chi connectivity index (χ0) is 14.4. The zero-order valence-electron chi connectivity index (χ0n) is 11.5. The molecule has 0 saturated carbocycles. The molecule has 0 heterocycles. The molecule has 3 nitrogen and oxygen atoms in total. The number of nitrogens with one attached hydrogen (secondary N) is 1. The van der Waals surface area contributed by atoms with Crippen molar-refractivity contribution in [3.05, 3.63) is 27.7 Å². The van der Waals surface area contributed by atoms with Gasteiger partial charge in [-0.3, -0.25) is 0 Å². The minimum Gasteiger partial charge on any atom is -0.489 e. The van der Waals surface area contributed by atoms with Crippen LogP contribution in [0.1, 0.15) is 32.8 Å². The van der Waals surface area contributed by atoms with Crippen LogP contribution in [0.3, 0.4) is 0 Å². The number of rotatable bonds is 7. The maximum absolute atomic E-state index is 9.18. The summed E-state index contributed by atoms with van der Waals surface area (Å²) in [6.45, 7) is 6.58. The van der Waals surface area contributed by atoms with Crippen LogP contribution in [0, 0.1) is 0 Å². The molecule has 0 unspecified atom stereocenters. The predicted octanol–water partition coefficient (Wildman–Crippen LogP) is 3.64. The van der Waals surface area contributed by atoms with Gasteiger partial charge >= 0.3 is 0 Å². The molecule has 0 aliphatic heterocycles. The third-order valence-corrected chi connectivity index (χ3v) is 3.23. The second-order valence-electron chi connectivity index (χ2n) is 4.71. The highest BCUT2D eigenvalue weighted by Crippen LogP contribution is 2.33. The van der Waals surface area contributed by atoms with E-state index in [1.54, 1.807) is 6.07 Å². The molecule has 0 aliphatic rings. The van der Waals surface area contributed by atoms with Gasteiger partial charge in [0.2, 0.25) is 0 Å². The summed E-state index contributed by atoms with van der Waals surface area (Å²) < 4.78 is 5.74. The lowest BCUT2D eigenvalue weighted by molar-refractivity contribution is 0.230. The average Bonchev–Trinajstić information content (AvgIpc) is 2.34. The molecular formula is C14H21Cl2NO2. The molecule has 19 heavy (non-hydrogen) atoms. The van der Waals surface area contributed by atoms with Crippen molar-refractivity contribution in [3.8, 4) is 5.75 Å². The van der Waals surface area contributed by atoms with Crippen LogP contribution in [0.15, 0.2) is 12.1 Å². The second-order valence-corrected chi connectivity index (χ2v) is 5.55. The summed E-state index contributed by atoms with van der Waals surface area (Å²) in [5, 5.41) is 13.5. The Morgan fingerprint density at radius 1 is 1.32 bits per heavy atom. The van der Waals surface area contributed by atoms with Crippen LogP contribution in [0.25, 0.3) is 0 Å². The Bertz CT molecular complexity index is 407. The normalized spacial score (nSPS) is 12.8. The molecule has 1 aromatic rings. The van der Waals surface area contributed by atoms with Gasteiger partial charge in [0, 0.05) is 23.2 Å². The zero-order valence-corrected chi connectivity index (χ0v) is 13.1. The number of ether oxygens (including phenoxy) is 1. The molecule has 108 valence electrons. The fourth-order valence-corrected chi connectivity index (χ4v) is 2.29. The Kier molecular flexibility index (Phi) is 6.94. The van der Waals surface area contributed by atoms with Crippen molar-refractivity contribution in [2.24, 2.45) is 0 Å². The Labute approximate surface area is 124 Å². The standard InChI is InChI=1S/C14H21Cl2NO2/c1-4-12(8-18)17-7-10-5-11(15)6-13(16)14(10)19-9(2)3/h5-6,9,12,17-18H,4,7-8H2,1-3H3/t12-/m1/s1. The van der Waals surface area contributed by atoms with E-state index < -0.39 is 0 Å². The van der Waals surface area contributed by atoms with Gasteiger partial charge in [-0.05, 0) is 32.4 Å². The van der Waals surface area contributed by atoms with E-state index >= 15 is 0 Å². The molecule has 1 aromatic carbocycles. The van der Waals surface area contributed by atoms with E-state index in [4.69, 9.17) is 27.9 Å². The molecule has 0 spiro atoms. The van der Waals surface area contributed by atoms with Crippen molar-refractivity contribution < 1.29 is 9.84 Å². The molecule has 0 radical (unpaired) electrons. The molecule has 0 amide bonds. The van der Waals surface area contributed by atoms with Crippen molar-refractivity contribution in [3.63, 3.8) is 0 Å². The Balaban J connectivity index is 2.90. The van der Waals surface area contributed by atoms with E-state index in [0.717, 1.165) is 12.0 Å². The molecule has 2 N–H and O–H groups in total.